The summed E-state index contributed by atoms with van der Waals surface area (Å²) in [6.07, 6.45) is 0.589. The van der Waals surface area contributed by atoms with Gasteiger partial charge in [0.1, 0.15) is 18.5 Å². The Morgan fingerprint density at radius 2 is 1.78 bits per heavy atom. The van der Waals surface area contributed by atoms with Crippen LogP contribution >= 0.6 is 12.4 Å². The van der Waals surface area contributed by atoms with Gasteiger partial charge >= 0.3 is 0 Å². The third-order valence-corrected chi connectivity index (χ3v) is 4.20. The first-order valence-electron chi connectivity index (χ1n) is 7.88. The van der Waals surface area contributed by atoms with Crippen molar-refractivity contribution in [1.82, 2.24) is 4.90 Å². The van der Waals surface area contributed by atoms with Crippen molar-refractivity contribution in [3.05, 3.63) is 65.2 Å². The van der Waals surface area contributed by atoms with Gasteiger partial charge in [0.05, 0.1) is 0 Å². The van der Waals surface area contributed by atoms with E-state index in [9.17, 15) is 5.11 Å². The largest absolute Gasteiger partial charge is 0.491 e. The van der Waals surface area contributed by atoms with Crippen molar-refractivity contribution in [2.75, 3.05) is 19.7 Å². The lowest BCUT2D eigenvalue weighted by Gasteiger charge is -2.30. The summed E-state index contributed by atoms with van der Waals surface area (Å²) < 4.78 is 5.73. The van der Waals surface area contributed by atoms with Gasteiger partial charge in [0.2, 0.25) is 0 Å². The molecule has 3 nitrogen and oxygen atoms in total. The first-order valence-corrected chi connectivity index (χ1v) is 7.88. The zero-order valence-electron chi connectivity index (χ0n) is 13.4. The van der Waals surface area contributed by atoms with Crippen molar-refractivity contribution in [3.63, 3.8) is 0 Å². The Morgan fingerprint density at radius 1 is 1.09 bits per heavy atom. The van der Waals surface area contributed by atoms with E-state index >= 15 is 0 Å². The van der Waals surface area contributed by atoms with Gasteiger partial charge in [0, 0.05) is 19.6 Å². The summed E-state index contributed by atoms with van der Waals surface area (Å²) in [5.41, 5.74) is 3.91. The number of aliphatic hydroxyl groups excluding tert-OH is 1. The second-order valence-electron chi connectivity index (χ2n) is 5.98. The Bertz CT molecular complexity index is 632. The first-order chi connectivity index (χ1) is 10.7. The molecule has 0 saturated carbocycles. The van der Waals surface area contributed by atoms with Gasteiger partial charge in [-0.2, -0.15) is 0 Å². The van der Waals surface area contributed by atoms with Crippen LogP contribution in [0, 0.1) is 6.92 Å². The molecular weight excluding hydrogens is 310 g/mol. The number of hydrogen-bond acceptors (Lipinski definition) is 3. The molecule has 0 amide bonds. The minimum absolute atomic E-state index is 0. The quantitative estimate of drug-likeness (QED) is 0.912. The number of benzene rings is 2. The number of aliphatic hydroxyl groups is 1. The highest BCUT2D eigenvalue weighted by Gasteiger charge is 2.18. The second-order valence-corrected chi connectivity index (χ2v) is 5.98. The highest BCUT2D eigenvalue weighted by Crippen LogP contribution is 2.19. The van der Waals surface area contributed by atoms with Crippen LogP contribution in [0.4, 0.5) is 0 Å². The highest BCUT2D eigenvalue weighted by molar-refractivity contribution is 5.85. The lowest BCUT2D eigenvalue weighted by Crippen LogP contribution is -2.38. The Kier molecular flexibility index (Phi) is 6.46. The van der Waals surface area contributed by atoms with E-state index in [2.05, 4.69) is 29.2 Å². The number of β-amino-alcohol motifs (C(OH)–C–C–N with tert-alkyl or cyclic N) is 1. The number of hydrogen-bond donors (Lipinski definition) is 1. The summed E-state index contributed by atoms with van der Waals surface area (Å²) in [7, 11) is 0. The standard InChI is InChI=1S/C19H23NO2.ClH/c1-15-6-2-5-9-19(15)22-14-18(21)13-20-11-10-16-7-3-4-8-17(16)12-20;/h2-9,18,21H,10-14H2,1H3;1H. The van der Waals surface area contributed by atoms with Crippen LogP contribution in [-0.2, 0) is 13.0 Å². The van der Waals surface area contributed by atoms with Gasteiger partial charge < -0.3 is 9.84 Å². The van der Waals surface area contributed by atoms with E-state index in [-0.39, 0.29) is 12.4 Å². The summed E-state index contributed by atoms with van der Waals surface area (Å²) in [4.78, 5) is 2.30. The minimum atomic E-state index is -0.468. The zero-order valence-corrected chi connectivity index (χ0v) is 14.3. The molecule has 1 heterocycles. The maximum atomic E-state index is 10.2. The number of nitrogens with zero attached hydrogens (tertiary/aromatic N) is 1. The van der Waals surface area contributed by atoms with Gasteiger partial charge in [-0.05, 0) is 36.1 Å². The molecular formula is C19H24ClNO2. The zero-order chi connectivity index (χ0) is 15.4. The first kappa shape index (κ1) is 17.8. The Balaban J connectivity index is 0.00000192. The van der Waals surface area contributed by atoms with E-state index in [0.29, 0.717) is 13.2 Å². The molecule has 2 aromatic rings. The topological polar surface area (TPSA) is 32.7 Å². The molecule has 2 aromatic carbocycles. The van der Waals surface area contributed by atoms with Crippen LogP contribution in [-0.4, -0.2) is 35.8 Å². The smallest absolute Gasteiger partial charge is 0.122 e. The van der Waals surface area contributed by atoms with Crippen LogP contribution in [0.2, 0.25) is 0 Å². The molecule has 0 saturated heterocycles. The van der Waals surface area contributed by atoms with Gasteiger partial charge in [0.25, 0.3) is 0 Å². The van der Waals surface area contributed by atoms with Gasteiger partial charge in [-0.3, -0.25) is 4.90 Å². The minimum Gasteiger partial charge on any atom is -0.491 e. The number of para-hydroxylation sites is 1. The van der Waals surface area contributed by atoms with Crippen LogP contribution in [0.1, 0.15) is 16.7 Å². The summed E-state index contributed by atoms with van der Waals surface area (Å²) in [6, 6.07) is 16.5. The van der Waals surface area contributed by atoms with Crippen LogP contribution in [0.3, 0.4) is 0 Å². The third-order valence-electron chi connectivity index (χ3n) is 4.20. The average Bonchev–Trinajstić information content (AvgIpc) is 2.54. The number of halogens is 1. The van der Waals surface area contributed by atoms with E-state index in [1.54, 1.807) is 0 Å². The SMILES string of the molecule is Cc1ccccc1OCC(O)CN1CCc2ccccc2C1.Cl. The summed E-state index contributed by atoms with van der Waals surface area (Å²) in [5, 5.41) is 10.2. The van der Waals surface area contributed by atoms with E-state index in [1.807, 2.05) is 31.2 Å². The fourth-order valence-electron chi connectivity index (χ4n) is 2.97. The molecule has 0 fully saturated rings. The Labute approximate surface area is 144 Å². The van der Waals surface area contributed by atoms with Crippen LogP contribution in [0.15, 0.2) is 48.5 Å². The van der Waals surface area contributed by atoms with Gasteiger partial charge in [-0.25, -0.2) is 0 Å². The van der Waals surface area contributed by atoms with Crippen molar-refractivity contribution in [2.45, 2.75) is 26.0 Å². The van der Waals surface area contributed by atoms with Crippen LogP contribution in [0.5, 0.6) is 5.75 Å². The number of fused-ring (bicyclic) bond motifs is 1. The Hall–Kier alpha value is -1.55. The number of rotatable bonds is 5. The van der Waals surface area contributed by atoms with Gasteiger partial charge in [0.15, 0.2) is 0 Å². The van der Waals surface area contributed by atoms with E-state index in [1.165, 1.54) is 11.1 Å². The van der Waals surface area contributed by atoms with Crippen molar-refractivity contribution in [3.8, 4) is 5.75 Å². The molecule has 4 heteroatoms. The second kappa shape index (κ2) is 8.34. The molecule has 1 atom stereocenters. The number of aryl methyl sites for hydroxylation is 1. The molecule has 124 valence electrons. The molecule has 3 rings (SSSR count). The maximum Gasteiger partial charge on any atom is 0.122 e. The predicted molar refractivity (Wildman–Crippen MR) is 95.4 cm³/mol. The van der Waals surface area contributed by atoms with Gasteiger partial charge in [-0.15, -0.1) is 12.4 Å². The van der Waals surface area contributed by atoms with E-state index < -0.39 is 6.10 Å². The fraction of sp³-hybridized carbons (Fsp3) is 0.368. The Morgan fingerprint density at radius 3 is 2.57 bits per heavy atom. The van der Waals surface area contributed by atoms with Crippen molar-refractivity contribution in [2.24, 2.45) is 0 Å². The molecule has 0 aliphatic carbocycles. The predicted octanol–water partition coefficient (Wildman–Crippen LogP) is 3.21. The molecule has 0 bridgehead atoms. The summed E-state index contributed by atoms with van der Waals surface area (Å²) in [6.45, 7) is 4.92. The summed E-state index contributed by atoms with van der Waals surface area (Å²) >= 11 is 0. The van der Waals surface area contributed by atoms with Gasteiger partial charge in [-0.1, -0.05) is 42.5 Å². The average molecular weight is 334 g/mol. The molecule has 1 aliphatic heterocycles. The van der Waals surface area contributed by atoms with Crippen molar-refractivity contribution in [1.29, 1.82) is 0 Å². The highest BCUT2D eigenvalue weighted by atomic mass is 35.5. The van der Waals surface area contributed by atoms with E-state index in [0.717, 1.165) is 30.8 Å². The third kappa shape index (κ3) is 4.71. The summed E-state index contributed by atoms with van der Waals surface area (Å²) in [5.74, 6) is 0.852. The molecule has 23 heavy (non-hydrogen) atoms. The number of ether oxygens (including phenoxy) is 1. The lowest BCUT2D eigenvalue weighted by molar-refractivity contribution is 0.0635. The molecule has 1 aliphatic rings. The normalized spacial score (nSPS) is 15.4. The van der Waals surface area contributed by atoms with Crippen molar-refractivity contribution < 1.29 is 9.84 Å². The van der Waals surface area contributed by atoms with E-state index in [4.69, 9.17) is 4.74 Å². The fourth-order valence-corrected chi connectivity index (χ4v) is 2.97. The van der Waals surface area contributed by atoms with Crippen LogP contribution < -0.4 is 4.74 Å². The molecule has 0 radical (unpaired) electrons. The van der Waals surface area contributed by atoms with Crippen molar-refractivity contribution >= 4 is 12.4 Å². The molecule has 0 spiro atoms. The monoisotopic (exact) mass is 333 g/mol. The molecule has 1 unspecified atom stereocenters. The molecule has 1 N–H and O–H groups in total. The molecule has 0 aromatic heterocycles. The maximum absolute atomic E-state index is 10.2. The van der Waals surface area contributed by atoms with Crippen LogP contribution in [0.25, 0.3) is 0 Å². The lowest BCUT2D eigenvalue weighted by atomic mass is 10.00.